The molecule has 0 aromatic heterocycles. The number of rotatable bonds is 9. The lowest BCUT2D eigenvalue weighted by atomic mass is 9.91. The number of piperidine rings is 2. The molecule has 3 fully saturated rings. The number of carbonyl (C=O) groups is 2. The first kappa shape index (κ1) is 24.2. The van der Waals surface area contributed by atoms with Crippen LogP contribution in [0, 0.1) is 11.8 Å². The molecule has 0 aliphatic carbocycles. The van der Waals surface area contributed by atoms with Gasteiger partial charge in [0.25, 0.3) is 5.91 Å². The summed E-state index contributed by atoms with van der Waals surface area (Å²) in [6.07, 6.45) is 8.81. The van der Waals surface area contributed by atoms with Gasteiger partial charge in [0, 0.05) is 0 Å². The molecule has 0 spiro atoms. The molecular formula is C27H41N3O3. The van der Waals surface area contributed by atoms with E-state index in [9.17, 15) is 9.59 Å². The van der Waals surface area contributed by atoms with E-state index in [2.05, 4.69) is 23.6 Å². The molecule has 3 aliphatic rings. The number of amides is 2. The summed E-state index contributed by atoms with van der Waals surface area (Å²) in [6.45, 7) is 10.6. The zero-order valence-corrected chi connectivity index (χ0v) is 20.5. The quantitative estimate of drug-likeness (QED) is 0.519. The molecule has 1 aromatic carbocycles. The number of carbonyl (C=O) groups excluding carboxylic acids is 2. The lowest BCUT2D eigenvalue weighted by Gasteiger charge is -2.36. The highest BCUT2D eigenvalue weighted by Gasteiger charge is 2.43. The van der Waals surface area contributed by atoms with Crippen LogP contribution in [-0.2, 0) is 9.59 Å². The van der Waals surface area contributed by atoms with Crippen molar-refractivity contribution in [2.75, 3.05) is 44.2 Å². The molecule has 6 heteroatoms. The molecule has 4 rings (SSSR count). The Morgan fingerprint density at radius 2 is 1.58 bits per heavy atom. The summed E-state index contributed by atoms with van der Waals surface area (Å²) < 4.78 is 5.62. The van der Waals surface area contributed by atoms with Crippen molar-refractivity contribution >= 4 is 17.5 Å². The Morgan fingerprint density at radius 1 is 0.909 bits per heavy atom. The van der Waals surface area contributed by atoms with Gasteiger partial charge < -0.3 is 9.64 Å². The van der Waals surface area contributed by atoms with E-state index in [0.29, 0.717) is 18.7 Å². The molecule has 182 valence electrons. The number of nitrogens with zero attached hydrogens (tertiary/aromatic N) is 3. The summed E-state index contributed by atoms with van der Waals surface area (Å²) in [5, 5.41) is 0. The number of imide groups is 1. The minimum atomic E-state index is -0.303. The maximum absolute atomic E-state index is 13.2. The second kappa shape index (κ2) is 11.5. The molecule has 0 saturated carbocycles. The van der Waals surface area contributed by atoms with Gasteiger partial charge in [0.05, 0.1) is 24.8 Å². The molecule has 1 unspecified atom stereocenters. The lowest BCUT2D eigenvalue weighted by Crippen LogP contribution is -2.46. The fourth-order valence-corrected chi connectivity index (χ4v) is 5.62. The molecule has 33 heavy (non-hydrogen) atoms. The van der Waals surface area contributed by atoms with Gasteiger partial charge in [-0.05, 0) is 107 Å². The highest BCUT2D eigenvalue weighted by molar-refractivity contribution is 6.22. The topological polar surface area (TPSA) is 53.1 Å². The van der Waals surface area contributed by atoms with Crippen LogP contribution in [0.4, 0.5) is 5.69 Å². The van der Waals surface area contributed by atoms with Gasteiger partial charge in [-0.1, -0.05) is 20.3 Å². The fraction of sp³-hybridized carbons (Fsp3) is 0.704. The summed E-state index contributed by atoms with van der Waals surface area (Å²) >= 11 is 0. The van der Waals surface area contributed by atoms with Crippen molar-refractivity contribution in [1.29, 1.82) is 0 Å². The number of benzene rings is 1. The zero-order valence-electron chi connectivity index (χ0n) is 20.5. The van der Waals surface area contributed by atoms with Gasteiger partial charge in [-0.2, -0.15) is 0 Å². The highest BCUT2D eigenvalue weighted by Crippen LogP contribution is 2.31. The first-order valence-corrected chi connectivity index (χ1v) is 13.1. The van der Waals surface area contributed by atoms with Crippen LogP contribution < -0.4 is 9.64 Å². The number of likely N-dealkylation sites (tertiary alicyclic amines) is 2. The van der Waals surface area contributed by atoms with Crippen molar-refractivity contribution in [3.8, 4) is 5.75 Å². The predicted molar refractivity (Wildman–Crippen MR) is 131 cm³/mol. The van der Waals surface area contributed by atoms with E-state index in [0.717, 1.165) is 49.9 Å². The minimum absolute atomic E-state index is 0.0699. The van der Waals surface area contributed by atoms with Crippen molar-refractivity contribution in [3.63, 3.8) is 0 Å². The molecule has 0 radical (unpaired) electrons. The Labute approximate surface area is 199 Å². The van der Waals surface area contributed by atoms with Gasteiger partial charge >= 0.3 is 0 Å². The maximum atomic E-state index is 13.2. The Hall–Kier alpha value is -1.92. The maximum Gasteiger partial charge on any atom is 0.251 e. The van der Waals surface area contributed by atoms with Crippen LogP contribution in [0.3, 0.4) is 0 Å². The fourth-order valence-electron chi connectivity index (χ4n) is 5.62. The van der Waals surface area contributed by atoms with Gasteiger partial charge in [0.15, 0.2) is 0 Å². The Morgan fingerprint density at radius 3 is 2.21 bits per heavy atom. The van der Waals surface area contributed by atoms with E-state index < -0.39 is 0 Å². The molecule has 2 amide bonds. The molecule has 3 heterocycles. The van der Waals surface area contributed by atoms with Crippen LogP contribution in [0.15, 0.2) is 24.3 Å². The van der Waals surface area contributed by atoms with E-state index >= 15 is 0 Å². The Bertz CT molecular complexity index is 780. The summed E-state index contributed by atoms with van der Waals surface area (Å²) in [5.74, 6) is 2.28. The standard InChI is InChI=1S/C27H41N3O3/c1-3-19-33-24-7-5-23(6-8-24)30-26(31)20-25(27(30)32)29-17-12-22(13-18-29)11-16-28-14-9-21(4-2)10-15-28/h5-8,21-22,25H,3-4,9-20H2,1-2H3. The Kier molecular flexibility index (Phi) is 8.42. The van der Waals surface area contributed by atoms with E-state index in [-0.39, 0.29) is 17.9 Å². The first-order chi connectivity index (χ1) is 16.1. The predicted octanol–water partition coefficient (Wildman–Crippen LogP) is 4.33. The average molecular weight is 456 g/mol. The third-order valence-electron chi connectivity index (χ3n) is 7.92. The number of ether oxygens (including phenoxy) is 1. The molecule has 0 N–H and O–H groups in total. The zero-order chi connectivity index (χ0) is 23.2. The Balaban J connectivity index is 1.24. The molecule has 3 saturated heterocycles. The monoisotopic (exact) mass is 455 g/mol. The van der Waals surface area contributed by atoms with Crippen LogP contribution in [0.1, 0.15) is 65.2 Å². The molecule has 1 atom stereocenters. The second-order valence-corrected chi connectivity index (χ2v) is 10.1. The normalized spacial score (nSPS) is 24.1. The third-order valence-corrected chi connectivity index (χ3v) is 7.92. The van der Waals surface area contributed by atoms with Crippen LogP contribution in [-0.4, -0.2) is 67.0 Å². The summed E-state index contributed by atoms with van der Waals surface area (Å²) in [4.78, 5) is 32.2. The molecule has 6 nitrogen and oxygen atoms in total. The van der Waals surface area contributed by atoms with Crippen LogP contribution in [0.5, 0.6) is 5.75 Å². The van der Waals surface area contributed by atoms with Gasteiger partial charge in [-0.25, -0.2) is 4.90 Å². The summed E-state index contributed by atoms with van der Waals surface area (Å²) in [6, 6.07) is 7.02. The van der Waals surface area contributed by atoms with Crippen molar-refractivity contribution in [3.05, 3.63) is 24.3 Å². The largest absolute Gasteiger partial charge is 0.494 e. The van der Waals surface area contributed by atoms with E-state index in [1.807, 2.05) is 24.3 Å². The second-order valence-electron chi connectivity index (χ2n) is 10.1. The van der Waals surface area contributed by atoms with E-state index in [1.54, 1.807) is 0 Å². The molecule has 1 aromatic rings. The number of hydrogen-bond acceptors (Lipinski definition) is 5. The molecule has 0 bridgehead atoms. The summed E-state index contributed by atoms with van der Waals surface area (Å²) in [7, 11) is 0. The van der Waals surface area contributed by atoms with Gasteiger partial charge in [-0.15, -0.1) is 0 Å². The summed E-state index contributed by atoms with van der Waals surface area (Å²) in [5.41, 5.74) is 0.651. The van der Waals surface area contributed by atoms with Crippen LogP contribution >= 0.6 is 0 Å². The SMILES string of the molecule is CCCOc1ccc(N2C(=O)CC(N3CCC(CCN4CCC(CC)CC4)CC3)C2=O)cc1. The van der Waals surface area contributed by atoms with Crippen molar-refractivity contribution in [2.24, 2.45) is 11.8 Å². The van der Waals surface area contributed by atoms with Gasteiger partial charge in [0.2, 0.25) is 5.91 Å². The van der Waals surface area contributed by atoms with Crippen molar-refractivity contribution in [1.82, 2.24) is 9.80 Å². The highest BCUT2D eigenvalue weighted by atomic mass is 16.5. The first-order valence-electron chi connectivity index (χ1n) is 13.1. The average Bonchev–Trinajstić information content (AvgIpc) is 3.16. The van der Waals surface area contributed by atoms with Crippen LogP contribution in [0.25, 0.3) is 0 Å². The van der Waals surface area contributed by atoms with Crippen molar-refractivity contribution in [2.45, 2.75) is 71.3 Å². The van der Waals surface area contributed by atoms with Gasteiger partial charge in [-0.3, -0.25) is 14.5 Å². The minimum Gasteiger partial charge on any atom is -0.494 e. The van der Waals surface area contributed by atoms with Gasteiger partial charge in [0.1, 0.15) is 5.75 Å². The molecular weight excluding hydrogens is 414 g/mol. The third kappa shape index (κ3) is 5.96. The van der Waals surface area contributed by atoms with E-state index in [4.69, 9.17) is 4.74 Å². The smallest absolute Gasteiger partial charge is 0.251 e. The van der Waals surface area contributed by atoms with E-state index in [1.165, 1.54) is 50.2 Å². The van der Waals surface area contributed by atoms with Crippen LogP contribution in [0.2, 0.25) is 0 Å². The number of anilines is 1. The van der Waals surface area contributed by atoms with Crippen molar-refractivity contribution < 1.29 is 14.3 Å². The lowest BCUT2D eigenvalue weighted by molar-refractivity contribution is -0.123. The molecule has 3 aliphatic heterocycles. The number of hydrogen-bond donors (Lipinski definition) is 0.